The van der Waals surface area contributed by atoms with Crippen LogP contribution in [0.15, 0.2) is 18.2 Å². The Balaban J connectivity index is 2.71. The van der Waals surface area contributed by atoms with E-state index < -0.39 is 17.5 Å². The second-order valence-electron chi connectivity index (χ2n) is 3.14. The molecular formula is C11H10F3NO. The lowest BCUT2D eigenvalue weighted by molar-refractivity contribution is -0.118. The number of carbonyl (C=O) groups is 1. The third-order valence-electron chi connectivity index (χ3n) is 1.79. The molecular weight excluding hydrogens is 219 g/mol. The first-order valence-electron chi connectivity index (χ1n) is 4.56. The minimum Gasteiger partial charge on any atom is -0.353 e. The fourth-order valence-electron chi connectivity index (χ4n) is 1.07. The average Bonchev–Trinajstić information content (AvgIpc) is 2.20. The van der Waals surface area contributed by atoms with E-state index in [2.05, 4.69) is 5.32 Å². The molecule has 1 N–H and O–H groups in total. The number of hydrogen-bond donors (Lipinski definition) is 1. The molecule has 0 saturated carbocycles. The van der Waals surface area contributed by atoms with Crippen molar-refractivity contribution in [1.29, 1.82) is 0 Å². The Morgan fingerprint density at radius 3 is 2.38 bits per heavy atom. The second kappa shape index (κ2) is 5.34. The van der Waals surface area contributed by atoms with E-state index in [4.69, 9.17) is 0 Å². The van der Waals surface area contributed by atoms with Gasteiger partial charge in [-0.25, -0.2) is 13.2 Å². The van der Waals surface area contributed by atoms with Gasteiger partial charge in [-0.3, -0.25) is 4.79 Å². The second-order valence-corrected chi connectivity index (χ2v) is 3.14. The van der Waals surface area contributed by atoms with Gasteiger partial charge in [-0.2, -0.15) is 0 Å². The molecule has 0 aliphatic heterocycles. The van der Waals surface area contributed by atoms with Crippen molar-refractivity contribution in [2.24, 2.45) is 0 Å². The van der Waals surface area contributed by atoms with Crippen LogP contribution >= 0.6 is 0 Å². The van der Waals surface area contributed by atoms with E-state index in [1.54, 1.807) is 0 Å². The van der Waals surface area contributed by atoms with Crippen molar-refractivity contribution in [2.45, 2.75) is 6.92 Å². The standard InChI is InChI=1S/C11H10F3NO/c1-7(16)15-4-2-3-8-5-9(12)11(14)10(13)6-8/h2-3,5-6H,4H2,1H3,(H,15,16). The lowest BCUT2D eigenvalue weighted by Gasteiger charge is -1.98. The highest BCUT2D eigenvalue weighted by Crippen LogP contribution is 2.14. The summed E-state index contributed by atoms with van der Waals surface area (Å²) in [6.45, 7) is 1.60. The summed E-state index contributed by atoms with van der Waals surface area (Å²) in [6.07, 6.45) is 2.90. The molecule has 0 aliphatic rings. The van der Waals surface area contributed by atoms with Crippen molar-refractivity contribution in [2.75, 3.05) is 6.54 Å². The van der Waals surface area contributed by atoms with Crippen LogP contribution < -0.4 is 5.32 Å². The van der Waals surface area contributed by atoms with Gasteiger partial charge in [0, 0.05) is 13.5 Å². The van der Waals surface area contributed by atoms with Crippen molar-refractivity contribution >= 4 is 12.0 Å². The molecule has 5 heteroatoms. The van der Waals surface area contributed by atoms with Crippen LogP contribution in [0.5, 0.6) is 0 Å². The van der Waals surface area contributed by atoms with Crippen molar-refractivity contribution in [1.82, 2.24) is 5.32 Å². The van der Waals surface area contributed by atoms with Crippen molar-refractivity contribution in [3.63, 3.8) is 0 Å². The fourth-order valence-corrected chi connectivity index (χ4v) is 1.07. The topological polar surface area (TPSA) is 29.1 Å². The van der Waals surface area contributed by atoms with E-state index in [1.165, 1.54) is 19.1 Å². The molecule has 0 atom stereocenters. The third kappa shape index (κ3) is 3.42. The third-order valence-corrected chi connectivity index (χ3v) is 1.79. The molecule has 0 aliphatic carbocycles. The quantitative estimate of drug-likeness (QED) is 0.791. The van der Waals surface area contributed by atoms with Crippen molar-refractivity contribution in [3.8, 4) is 0 Å². The normalized spacial score (nSPS) is 10.8. The maximum atomic E-state index is 12.8. The summed E-state index contributed by atoms with van der Waals surface area (Å²) in [5, 5.41) is 2.47. The van der Waals surface area contributed by atoms with Crippen LogP contribution in [0.4, 0.5) is 13.2 Å². The molecule has 0 radical (unpaired) electrons. The number of benzene rings is 1. The Bertz CT molecular complexity index is 406. The van der Waals surface area contributed by atoms with Crippen molar-refractivity contribution < 1.29 is 18.0 Å². The van der Waals surface area contributed by atoms with E-state index in [0.717, 1.165) is 12.1 Å². The molecule has 1 aromatic rings. The maximum absolute atomic E-state index is 12.8. The van der Waals surface area contributed by atoms with E-state index in [9.17, 15) is 18.0 Å². The maximum Gasteiger partial charge on any atom is 0.217 e. The van der Waals surface area contributed by atoms with E-state index in [-0.39, 0.29) is 18.0 Å². The molecule has 0 saturated heterocycles. The summed E-state index contributed by atoms with van der Waals surface area (Å²) >= 11 is 0. The van der Waals surface area contributed by atoms with E-state index in [1.807, 2.05) is 0 Å². The average molecular weight is 229 g/mol. The van der Waals surface area contributed by atoms with E-state index >= 15 is 0 Å². The summed E-state index contributed by atoms with van der Waals surface area (Å²) in [5.41, 5.74) is 0.196. The predicted octanol–water partition coefficient (Wildman–Crippen LogP) is 2.25. The fraction of sp³-hybridized carbons (Fsp3) is 0.182. The lowest BCUT2D eigenvalue weighted by Crippen LogP contribution is -2.19. The Morgan fingerprint density at radius 2 is 1.88 bits per heavy atom. The summed E-state index contributed by atoms with van der Waals surface area (Å²) in [4.78, 5) is 10.5. The minimum atomic E-state index is -1.49. The lowest BCUT2D eigenvalue weighted by atomic mass is 10.2. The first-order chi connectivity index (χ1) is 7.50. The number of amides is 1. The molecule has 0 heterocycles. The van der Waals surface area contributed by atoms with Crippen LogP contribution in [-0.4, -0.2) is 12.5 Å². The molecule has 0 unspecified atom stereocenters. The van der Waals surface area contributed by atoms with Gasteiger partial charge in [0.1, 0.15) is 0 Å². The van der Waals surface area contributed by atoms with Gasteiger partial charge in [-0.1, -0.05) is 12.2 Å². The van der Waals surface area contributed by atoms with Crippen LogP contribution in [0.3, 0.4) is 0 Å². The number of halogens is 3. The number of nitrogens with one attached hydrogen (secondary N) is 1. The molecule has 2 nitrogen and oxygen atoms in total. The summed E-state index contributed by atoms with van der Waals surface area (Å²) < 4.78 is 38.1. The van der Waals surface area contributed by atoms with Gasteiger partial charge < -0.3 is 5.32 Å². The van der Waals surface area contributed by atoms with Gasteiger partial charge >= 0.3 is 0 Å². The Hall–Kier alpha value is -1.78. The zero-order valence-electron chi connectivity index (χ0n) is 8.56. The molecule has 0 fully saturated rings. The van der Waals surface area contributed by atoms with E-state index in [0.29, 0.717) is 0 Å². The monoisotopic (exact) mass is 229 g/mol. The smallest absolute Gasteiger partial charge is 0.217 e. The summed E-state index contributed by atoms with van der Waals surface area (Å²) in [6, 6.07) is 1.76. The molecule has 0 bridgehead atoms. The summed E-state index contributed by atoms with van der Waals surface area (Å²) in [7, 11) is 0. The van der Waals surface area contributed by atoms with Gasteiger partial charge in [0.2, 0.25) is 5.91 Å². The number of hydrogen-bond acceptors (Lipinski definition) is 1. The van der Waals surface area contributed by atoms with Crippen molar-refractivity contribution in [3.05, 3.63) is 41.2 Å². The molecule has 1 amide bonds. The van der Waals surface area contributed by atoms with Crippen LogP contribution in [0.2, 0.25) is 0 Å². The molecule has 1 rings (SSSR count). The zero-order valence-corrected chi connectivity index (χ0v) is 8.56. The van der Waals surface area contributed by atoms with Gasteiger partial charge in [-0.15, -0.1) is 0 Å². The van der Waals surface area contributed by atoms with Crippen LogP contribution in [0.25, 0.3) is 6.08 Å². The number of carbonyl (C=O) groups excluding carboxylic acids is 1. The largest absolute Gasteiger partial charge is 0.353 e. The van der Waals surface area contributed by atoms with Gasteiger partial charge in [0.25, 0.3) is 0 Å². The van der Waals surface area contributed by atoms with Crippen LogP contribution in [0, 0.1) is 17.5 Å². The summed E-state index contributed by atoms with van der Waals surface area (Å²) in [5.74, 6) is -4.17. The zero-order chi connectivity index (χ0) is 12.1. The van der Waals surface area contributed by atoms with Crippen LogP contribution in [0.1, 0.15) is 12.5 Å². The molecule has 0 aromatic heterocycles. The van der Waals surface area contributed by atoms with Gasteiger partial charge in [0.05, 0.1) is 0 Å². The highest BCUT2D eigenvalue weighted by molar-refractivity contribution is 5.73. The molecule has 86 valence electrons. The predicted molar refractivity (Wildman–Crippen MR) is 54.0 cm³/mol. The molecule has 0 spiro atoms. The molecule has 1 aromatic carbocycles. The first-order valence-corrected chi connectivity index (χ1v) is 4.56. The number of rotatable bonds is 3. The van der Waals surface area contributed by atoms with Gasteiger partial charge in [0.15, 0.2) is 17.5 Å². The highest BCUT2D eigenvalue weighted by Gasteiger charge is 2.08. The Kier molecular flexibility index (Phi) is 4.10. The SMILES string of the molecule is CC(=O)NCC=Cc1cc(F)c(F)c(F)c1. The Labute approximate surface area is 90.8 Å². The minimum absolute atomic E-state index is 0.196. The molecule has 16 heavy (non-hydrogen) atoms. The Morgan fingerprint density at radius 1 is 1.31 bits per heavy atom. The van der Waals surface area contributed by atoms with Gasteiger partial charge in [-0.05, 0) is 17.7 Å². The highest BCUT2D eigenvalue weighted by atomic mass is 19.2. The van der Waals surface area contributed by atoms with Crippen LogP contribution in [-0.2, 0) is 4.79 Å². The first kappa shape index (κ1) is 12.3.